The summed E-state index contributed by atoms with van der Waals surface area (Å²) in [6, 6.07) is 0. The zero-order valence-electron chi connectivity index (χ0n) is 7.68. The van der Waals surface area contributed by atoms with Gasteiger partial charge in [-0.15, -0.1) is 35.0 Å². The smallest absolute Gasteiger partial charge is 0.247 e. The van der Waals surface area contributed by atoms with Crippen molar-refractivity contribution in [3.8, 4) is 0 Å². The summed E-state index contributed by atoms with van der Waals surface area (Å²) in [5, 5.41) is 2.60. The van der Waals surface area contributed by atoms with Gasteiger partial charge < -0.3 is 9.05 Å². The lowest BCUT2D eigenvalue weighted by Crippen LogP contribution is -1.82. The summed E-state index contributed by atoms with van der Waals surface area (Å²) < 4.78 is 10.2. The van der Waals surface area contributed by atoms with Crippen molar-refractivity contribution in [3.05, 3.63) is 11.5 Å². The van der Waals surface area contributed by atoms with Gasteiger partial charge in [-0.05, 0) is 23.3 Å². The van der Waals surface area contributed by atoms with E-state index >= 15 is 0 Å². The average molecular weight is 313 g/mol. The van der Waals surface area contributed by atoms with Crippen LogP contribution in [-0.2, 0) is 20.9 Å². The van der Waals surface area contributed by atoms with Gasteiger partial charge in [-0.25, -0.2) is 0 Å². The molecule has 0 bridgehead atoms. The number of alkyl halides is 2. The molecule has 84 valence electrons. The molecule has 0 N–H and O–H groups in total. The molecule has 0 aliphatic carbocycles. The number of hydrogen-bond donors (Lipinski definition) is 0. The van der Waals surface area contributed by atoms with E-state index in [-0.39, 0.29) is 0 Å². The van der Waals surface area contributed by atoms with Gasteiger partial charge in [-0.2, -0.15) is 0 Å². The van der Waals surface area contributed by atoms with Crippen LogP contribution in [0.15, 0.2) is 11.5 Å². The van der Waals surface area contributed by atoms with Gasteiger partial charge in [0.2, 0.25) is 5.69 Å². The molecule has 8 heteroatoms. The van der Waals surface area contributed by atoms with Gasteiger partial charge in [0.1, 0.15) is 4.84 Å². The van der Waals surface area contributed by atoms with E-state index in [1.807, 2.05) is 5.41 Å². The second-order valence-corrected chi connectivity index (χ2v) is 10.8. The molecule has 0 aliphatic heterocycles. The van der Waals surface area contributed by atoms with E-state index in [1.54, 1.807) is 32.1 Å². The maximum atomic E-state index is 5.50. The second-order valence-electron chi connectivity index (χ2n) is 1.89. The third kappa shape index (κ3) is 7.83. The molecule has 0 unspecified atom stereocenters. The molecule has 0 aromatic rings. The molecule has 2 nitrogen and oxygen atoms in total. The highest BCUT2D eigenvalue weighted by Gasteiger charge is 2.14. The van der Waals surface area contributed by atoms with Crippen LogP contribution in [0.2, 0.25) is 0 Å². The van der Waals surface area contributed by atoms with Crippen molar-refractivity contribution in [1.29, 1.82) is 0 Å². The predicted octanol–water partition coefficient (Wildman–Crippen LogP) is 4.25. The summed E-state index contributed by atoms with van der Waals surface area (Å²) >= 11 is 19.2. The number of rotatable bonds is 7. The Balaban J connectivity index is 3.68. The monoisotopic (exact) mass is 312 g/mol. The van der Waals surface area contributed by atoms with Gasteiger partial charge in [-0.3, -0.25) is 0 Å². The fraction of sp³-hybridized carbons (Fsp3) is 0.667. The first-order chi connectivity index (χ1) is 6.54. The molecule has 0 rings (SSSR count). The van der Waals surface area contributed by atoms with Crippen molar-refractivity contribution in [2.75, 3.05) is 19.3 Å². The molecule has 0 atom stereocenters. The minimum Gasteiger partial charge on any atom is -0.325 e. The third-order valence-electron chi connectivity index (χ3n) is 1.05. The lowest BCUT2D eigenvalue weighted by molar-refractivity contribution is 0.354. The molecule has 0 fully saturated rings. The number of allylic oxidation sites excluding steroid dienone is 1. The van der Waals surface area contributed by atoms with Crippen LogP contribution in [0, 0.1) is 0 Å². The summed E-state index contributed by atoms with van der Waals surface area (Å²) in [5.41, 5.74) is -2.12. The average Bonchev–Trinajstić information content (AvgIpc) is 2.16. The van der Waals surface area contributed by atoms with Gasteiger partial charge in [-0.1, -0.05) is 11.4 Å². The van der Waals surface area contributed by atoms with Crippen molar-refractivity contribution in [3.63, 3.8) is 0 Å². The molecule has 0 radical (unpaired) electrons. The van der Waals surface area contributed by atoms with Gasteiger partial charge >= 0.3 is 0 Å². The molecular formula is C6H11Cl2O2PS3. The Hall–Kier alpha value is 1.59. The first kappa shape index (κ1) is 15.6. The number of halogens is 2. The SMILES string of the molecule is COP(=S)(OC)SCSC=CC(Cl)Cl. The molecule has 0 saturated heterocycles. The Kier molecular flexibility index (Phi) is 9.70. The molecule has 0 aromatic carbocycles. The molecule has 0 amide bonds. The van der Waals surface area contributed by atoms with Crippen LogP contribution < -0.4 is 0 Å². The van der Waals surface area contributed by atoms with Crippen LogP contribution in [0.3, 0.4) is 0 Å². The lowest BCUT2D eigenvalue weighted by atomic mass is 10.8. The van der Waals surface area contributed by atoms with Crippen molar-refractivity contribution in [2.24, 2.45) is 0 Å². The van der Waals surface area contributed by atoms with E-state index in [9.17, 15) is 0 Å². The predicted molar refractivity (Wildman–Crippen MR) is 73.0 cm³/mol. The van der Waals surface area contributed by atoms with E-state index < -0.39 is 10.5 Å². The van der Waals surface area contributed by atoms with Crippen molar-refractivity contribution in [1.82, 2.24) is 0 Å². The van der Waals surface area contributed by atoms with E-state index in [0.29, 0.717) is 0 Å². The topological polar surface area (TPSA) is 18.5 Å². The minimum atomic E-state index is -2.12. The first-order valence-corrected chi connectivity index (χ1v) is 9.61. The molecule has 0 spiro atoms. The number of thioether (sulfide) groups is 1. The molecule has 0 aliphatic rings. The lowest BCUT2D eigenvalue weighted by Gasteiger charge is -2.15. The molecule has 0 heterocycles. The maximum absolute atomic E-state index is 5.50. The van der Waals surface area contributed by atoms with Crippen molar-refractivity contribution < 1.29 is 9.05 Å². The molecular weight excluding hydrogens is 302 g/mol. The van der Waals surface area contributed by atoms with Gasteiger partial charge in [0.25, 0.3) is 0 Å². The summed E-state index contributed by atoms with van der Waals surface area (Å²) in [6.07, 6.45) is 1.69. The van der Waals surface area contributed by atoms with E-state index in [2.05, 4.69) is 0 Å². The van der Waals surface area contributed by atoms with E-state index in [0.717, 1.165) is 5.08 Å². The Morgan fingerprint density at radius 3 is 2.43 bits per heavy atom. The fourth-order valence-corrected chi connectivity index (χ4v) is 5.95. The zero-order chi connectivity index (χ0) is 11.0. The van der Waals surface area contributed by atoms with Crippen LogP contribution in [0.5, 0.6) is 0 Å². The summed E-state index contributed by atoms with van der Waals surface area (Å²) in [7, 11) is 3.12. The first-order valence-electron chi connectivity index (χ1n) is 3.46. The highest BCUT2D eigenvalue weighted by Crippen LogP contribution is 2.60. The van der Waals surface area contributed by atoms with Crippen molar-refractivity contribution >= 4 is 63.8 Å². The maximum Gasteiger partial charge on any atom is 0.247 e. The minimum absolute atomic E-state index is 0.458. The molecule has 0 aromatic heterocycles. The number of hydrogen-bond acceptors (Lipinski definition) is 5. The Morgan fingerprint density at radius 2 is 2.00 bits per heavy atom. The quantitative estimate of drug-likeness (QED) is 0.302. The fourth-order valence-electron chi connectivity index (χ4n) is 0.429. The zero-order valence-corrected chi connectivity index (χ0v) is 12.5. The van der Waals surface area contributed by atoms with E-state index in [1.165, 1.54) is 11.4 Å². The Bertz CT molecular complexity index is 217. The highest BCUT2D eigenvalue weighted by molar-refractivity contribution is 8.69. The van der Waals surface area contributed by atoms with Gasteiger partial charge in [0.05, 0.1) is 5.08 Å². The Morgan fingerprint density at radius 1 is 1.43 bits per heavy atom. The van der Waals surface area contributed by atoms with E-state index in [4.69, 9.17) is 44.1 Å². The largest absolute Gasteiger partial charge is 0.325 e. The van der Waals surface area contributed by atoms with Crippen LogP contribution in [0.25, 0.3) is 0 Å². The highest BCUT2D eigenvalue weighted by atomic mass is 35.5. The second kappa shape index (κ2) is 8.71. The standard InChI is InChI=1S/C6H11Cl2O2PS3/c1-9-11(12,10-2)14-5-13-4-3-6(7)8/h3-4,6H,5H2,1-2H3. The molecule has 0 saturated carbocycles. The van der Waals surface area contributed by atoms with Crippen LogP contribution in [-0.4, -0.2) is 24.1 Å². The van der Waals surface area contributed by atoms with Gasteiger partial charge in [0, 0.05) is 14.2 Å². The molecule has 14 heavy (non-hydrogen) atoms. The van der Waals surface area contributed by atoms with Crippen LogP contribution in [0.4, 0.5) is 0 Å². The van der Waals surface area contributed by atoms with Crippen LogP contribution >= 0.6 is 52.0 Å². The summed E-state index contributed by atoms with van der Waals surface area (Å²) in [4.78, 5) is -0.458. The Labute approximate surface area is 108 Å². The van der Waals surface area contributed by atoms with Crippen molar-refractivity contribution in [2.45, 2.75) is 4.84 Å². The van der Waals surface area contributed by atoms with Gasteiger partial charge in [0.15, 0.2) is 0 Å². The normalized spacial score (nSPS) is 12.9. The summed E-state index contributed by atoms with van der Waals surface area (Å²) in [6.45, 7) is 0. The summed E-state index contributed by atoms with van der Waals surface area (Å²) in [5.74, 6) is 0. The third-order valence-corrected chi connectivity index (χ3v) is 8.50. The van der Waals surface area contributed by atoms with Crippen LogP contribution in [0.1, 0.15) is 0 Å².